The van der Waals surface area contributed by atoms with Crippen LogP contribution >= 0.6 is 0 Å². The molecule has 0 atom stereocenters. The lowest BCUT2D eigenvalue weighted by Crippen LogP contribution is -2.56. The normalized spacial score (nSPS) is 16.4. The molecule has 1 amide bonds. The fourth-order valence-corrected chi connectivity index (χ4v) is 3.15. The van der Waals surface area contributed by atoms with E-state index < -0.39 is 5.54 Å². The van der Waals surface area contributed by atoms with Crippen molar-refractivity contribution in [3.05, 3.63) is 29.8 Å². The zero-order valence-electron chi connectivity index (χ0n) is 13.9. The number of carbonyl (C=O) groups excluding carboxylic acids is 2. The first-order chi connectivity index (χ1) is 11.1. The maximum atomic E-state index is 12.3. The Labute approximate surface area is 137 Å². The molecular weight excluding hydrogens is 294 g/mol. The van der Waals surface area contributed by atoms with Gasteiger partial charge in [-0.2, -0.15) is 0 Å². The summed E-state index contributed by atoms with van der Waals surface area (Å²) in [7, 11) is 3.00. The number of amides is 1. The molecule has 1 aliphatic carbocycles. The third-order valence-corrected chi connectivity index (χ3v) is 4.44. The van der Waals surface area contributed by atoms with Gasteiger partial charge >= 0.3 is 5.97 Å². The Morgan fingerprint density at radius 2 is 1.91 bits per heavy atom. The lowest BCUT2D eigenvalue weighted by Gasteiger charge is -2.35. The quantitative estimate of drug-likeness (QED) is 0.819. The van der Waals surface area contributed by atoms with Crippen molar-refractivity contribution < 1.29 is 19.1 Å². The Balaban J connectivity index is 1.95. The summed E-state index contributed by atoms with van der Waals surface area (Å²) in [6.07, 6.45) is 5.23. The predicted octanol–water partition coefficient (Wildman–Crippen LogP) is 2.62. The van der Waals surface area contributed by atoms with E-state index in [4.69, 9.17) is 9.47 Å². The molecule has 1 N–H and O–H groups in total. The summed E-state index contributed by atoms with van der Waals surface area (Å²) in [5.74, 6) is 0.341. The number of aryl methyl sites for hydroxylation is 1. The minimum atomic E-state index is -0.835. The summed E-state index contributed by atoms with van der Waals surface area (Å²) >= 11 is 0. The van der Waals surface area contributed by atoms with Gasteiger partial charge in [-0.15, -0.1) is 0 Å². The number of benzene rings is 1. The molecule has 0 saturated heterocycles. The molecule has 5 nitrogen and oxygen atoms in total. The standard InChI is InChI=1S/C18H25NO4/c1-22-15-8-6-7-14(13-15)9-10-16(20)19-18(17(21)23-2)11-4-3-5-12-18/h6-8,13H,3-5,9-12H2,1-2H3,(H,19,20). The van der Waals surface area contributed by atoms with Crippen LogP contribution in [0.5, 0.6) is 5.75 Å². The average molecular weight is 319 g/mol. The monoisotopic (exact) mass is 319 g/mol. The first kappa shape index (κ1) is 17.3. The van der Waals surface area contributed by atoms with Crippen molar-refractivity contribution in [2.75, 3.05) is 14.2 Å². The van der Waals surface area contributed by atoms with Gasteiger partial charge < -0.3 is 14.8 Å². The summed E-state index contributed by atoms with van der Waals surface area (Å²) in [4.78, 5) is 24.4. The first-order valence-electron chi connectivity index (χ1n) is 8.12. The van der Waals surface area contributed by atoms with Crippen LogP contribution in [0.2, 0.25) is 0 Å². The Morgan fingerprint density at radius 3 is 2.57 bits per heavy atom. The highest BCUT2D eigenvalue weighted by molar-refractivity contribution is 5.88. The van der Waals surface area contributed by atoms with Crippen LogP contribution in [0, 0.1) is 0 Å². The van der Waals surface area contributed by atoms with Gasteiger partial charge in [-0.05, 0) is 37.0 Å². The Kier molecular flexibility index (Phi) is 6.02. The van der Waals surface area contributed by atoms with Crippen LogP contribution in [0.1, 0.15) is 44.1 Å². The molecule has 0 heterocycles. The fraction of sp³-hybridized carbons (Fsp3) is 0.556. The topological polar surface area (TPSA) is 64.6 Å². The Morgan fingerprint density at radius 1 is 1.17 bits per heavy atom. The molecule has 1 fully saturated rings. The number of nitrogens with one attached hydrogen (secondary N) is 1. The SMILES string of the molecule is COC(=O)C1(NC(=O)CCc2cccc(OC)c2)CCCCC1. The Bertz CT molecular complexity index is 550. The van der Waals surface area contributed by atoms with Crippen LogP contribution in [0.3, 0.4) is 0 Å². The molecule has 1 aromatic carbocycles. The second-order valence-corrected chi connectivity index (χ2v) is 6.03. The lowest BCUT2D eigenvalue weighted by molar-refractivity contribution is -0.152. The van der Waals surface area contributed by atoms with Crippen LogP contribution in [-0.2, 0) is 20.7 Å². The molecule has 0 aromatic heterocycles. The summed E-state index contributed by atoms with van der Waals surface area (Å²) in [5.41, 5.74) is 0.202. The minimum Gasteiger partial charge on any atom is -0.497 e. The second-order valence-electron chi connectivity index (χ2n) is 6.03. The van der Waals surface area contributed by atoms with E-state index in [0.29, 0.717) is 25.7 Å². The van der Waals surface area contributed by atoms with Crippen molar-refractivity contribution in [1.82, 2.24) is 5.32 Å². The number of hydrogen-bond acceptors (Lipinski definition) is 4. The molecule has 0 aliphatic heterocycles. The largest absolute Gasteiger partial charge is 0.497 e. The summed E-state index contributed by atoms with van der Waals surface area (Å²) in [6, 6.07) is 7.66. The smallest absolute Gasteiger partial charge is 0.331 e. The van der Waals surface area contributed by atoms with Crippen molar-refractivity contribution in [1.29, 1.82) is 0 Å². The number of hydrogen-bond donors (Lipinski definition) is 1. The number of esters is 1. The predicted molar refractivity (Wildman–Crippen MR) is 87.3 cm³/mol. The van der Waals surface area contributed by atoms with Gasteiger partial charge in [0.15, 0.2) is 0 Å². The van der Waals surface area contributed by atoms with E-state index in [2.05, 4.69) is 5.32 Å². The van der Waals surface area contributed by atoms with E-state index in [9.17, 15) is 9.59 Å². The van der Waals surface area contributed by atoms with Gasteiger partial charge in [0.2, 0.25) is 5.91 Å². The Hall–Kier alpha value is -2.04. The number of carbonyl (C=O) groups is 2. The van der Waals surface area contributed by atoms with Crippen LogP contribution in [-0.4, -0.2) is 31.6 Å². The zero-order chi connectivity index (χ0) is 16.7. The van der Waals surface area contributed by atoms with E-state index in [1.807, 2.05) is 24.3 Å². The molecule has 5 heteroatoms. The molecule has 0 radical (unpaired) electrons. The van der Waals surface area contributed by atoms with Gasteiger partial charge in [-0.3, -0.25) is 4.79 Å². The molecule has 23 heavy (non-hydrogen) atoms. The zero-order valence-corrected chi connectivity index (χ0v) is 13.9. The van der Waals surface area contributed by atoms with Gasteiger partial charge in [-0.1, -0.05) is 31.4 Å². The third kappa shape index (κ3) is 4.47. The van der Waals surface area contributed by atoms with Crippen molar-refractivity contribution in [2.24, 2.45) is 0 Å². The maximum Gasteiger partial charge on any atom is 0.331 e. The van der Waals surface area contributed by atoms with Crippen molar-refractivity contribution in [2.45, 2.75) is 50.5 Å². The highest BCUT2D eigenvalue weighted by Crippen LogP contribution is 2.29. The molecule has 0 spiro atoms. The van der Waals surface area contributed by atoms with Crippen molar-refractivity contribution in [3.63, 3.8) is 0 Å². The molecule has 0 bridgehead atoms. The van der Waals surface area contributed by atoms with Gasteiger partial charge in [0.1, 0.15) is 11.3 Å². The van der Waals surface area contributed by atoms with Gasteiger partial charge in [0.25, 0.3) is 0 Å². The summed E-state index contributed by atoms with van der Waals surface area (Å²) in [5, 5.41) is 2.94. The van der Waals surface area contributed by atoms with E-state index in [-0.39, 0.29) is 11.9 Å². The fourth-order valence-electron chi connectivity index (χ4n) is 3.15. The molecule has 2 rings (SSSR count). The van der Waals surface area contributed by atoms with Crippen LogP contribution in [0.25, 0.3) is 0 Å². The minimum absolute atomic E-state index is 0.111. The molecule has 1 saturated carbocycles. The molecular formula is C18H25NO4. The van der Waals surface area contributed by atoms with Crippen LogP contribution in [0.15, 0.2) is 24.3 Å². The average Bonchev–Trinajstić information content (AvgIpc) is 2.60. The summed E-state index contributed by atoms with van der Waals surface area (Å²) < 4.78 is 10.1. The van der Waals surface area contributed by atoms with Crippen LogP contribution < -0.4 is 10.1 Å². The van der Waals surface area contributed by atoms with Gasteiger partial charge in [-0.25, -0.2) is 4.79 Å². The number of rotatable bonds is 6. The molecule has 0 unspecified atom stereocenters. The molecule has 126 valence electrons. The first-order valence-corrected chi connectivity index (χ1v) is 8.12. The van der Waals surface area contributed by atoms with Crippen molar-refractivity contribution >= 4 is 11.9 Å². The summed E-state index contributed by atoms with van der Waals surface area (Å²) in [6.45, 7) is 0. The highest BCUT2D eigenvalue weighted by atomic mass is 16.5. The third-order valence-electron chi connectivity index (χ3n) is 4.44. The molecule has 1 aromatic rings. The van der Waals surface area contributed by atoms with E-state index in [1.165, 1.54) is 7.11 Å². The lowest BCUT2D eigenvalue weighted by atomic mass is 9.81. The van der Waals surface area contributed by atoms with Crippen LogP contribution in [0.4, 0.5) is 0 Å². The van der Waals surface area contributed by atoms with Crippen molar-refractivity contribution in [3.8, 4) is 5.75 Å². The maximum absolute atomic E-state index is 12.3. The second kappa shape index (κ2) is 7.99. The van der Waals surface area contributed by atoms with Gasteiger partial charge in [0, 0.05) is 6.42 Å². The number of methoxy groups -OCH3 is 2. The molecule has 1 aliphatic rings. The number of ether oxygens (including phenoxy) is 2. The van der Waals surface area contributed by atoms with E-state index >= 15 is 0 Å². The van der Waals surface area contributed by atoms with E-state index in [0.717, 1.165) is 30.6 Å². The van der Waals surface area contributed by atoms with E-state index in [1.54, 1.807) is 7.11 Å². The van der Waals surface area contributed by atoms with Gasteiger partial charge in [0.05, 0.1) is 14.2 Å². The highest BCUT2D eigenvalue weighted by Gasteiger charge is 2.41.